The third-order valence-corrected chi connectivity index (χ3v) is 5.98. The second-order valence-corrected chi connectivity index (χ2v) is 9.04. The Kier molecular flexibility index (Phi) is 11.0. The number of rotatable bonds is 14. The summed E-state index contributed by atoms with van der Waals surface area (Å²) in [7, 11) is 0. The summed E-state index contributed by atoms with van der Waals surface area (Å²) in [5.74, 6) is 0.643. The van der Waals surface area contributed by atoms with Gasteiger partial charge in [-0.25, -0.2) is 4.79 Å². The van der Waals surface area contributed by atoms with E-state index in [9.17, 15) is 9.59 Å². The van der Waals surface area contributed by atoms with Crippen molar-refractivity contribution >= 4 is 11.9 Å². The standard InChI is InChI=1S/C31H36O5/c1-3-4-5-6-7-9-12-24(2)30(32)35-28-19-21-29(22-20-28)36-31(33)26-15-17-27(18-16-26)34-23-25-13-10-8-11-14-25/h8,10-11,13-22,24H,3-7,9,12,23H2,1-2H3/t24-/m0/s1. The quantitative estimate of drug-likeness (QED) is 0.132. The minimum Gasteiger partial charge on any atom is -0.489 e. The van der Waals surface area contributed by atoms with Crippen LogP contribution in [0.1, 0.15) is 74.7 Å². The minimum atomic E-state index is -0.470. The SMILES string of the molecule is CCCCCCCC[C@H](C)C(=O)Oc1ccc(OC(=O)c2ccc(OCc3ccccc3)cc2)cc1. The van der Waals surface area contributed by atoms with Gasteiger partial charge >= 0.3 is 11.9 Å². The molecule has 0 aliphatic heterocycles. The topological polar surface area (TPSA) is 61.8 Å². The van der Waals surface area contributed by atoms with Crippen molar-refractivity contribution in [2.24, 2.45) is 5.92 Å². The van der Waals surface area contributed by atoms with Crippen LogP contribution in [0.4, 0.5) is 0 Å². The molecule has 0 unspecified atom stereocenters. The fourth-order valence-electron chi connectivity index (χ4n) is 3.74. The van der Waals surface area contributed by atoms with Gasteiger partial charge in [-0.15, -0.1) is 0 Å². The first kappa shape index (κ1) is 27.0. The predicted octanol–water partition coefficient (Wildman–Crippen LogP) is 7.78. The Morgan fingerprint density at radius 3 is 1.94 bits per heavy atom. The van der Waals surface area contributed by atoms with Crippen LogP contribution in [0.15, 0.2) is 78.9 Å². The van der Waals surface area contributed by atoms with E-state index in [0.29, 0.717) is 29.4 Å². The monoisotopic (exact) mass is 488 g/mol. The smallest absolute Gasteiger partial charge is 0.343 e. The molecule has 0 radical (unpaired) electrons. The van der Waals surface area contributed by atoms with E-state index in [1.807, 2.05) is 37.3 Å². The fourth-order valence-corrected chi connectivity index (χ4v) is 3.74. The molecular formula is C31H36O5. The van der Waals surface area contributed by atoms with E-state index in [1.165, 1.54) is 25.7 Å². The Hall–Kier alpha value is -3.60. The van der Waals surface area contributed by atoms with E-state index >= 15 is 0 Å². The summed E-state index contributed by atoms with van der Waals surface area (Å²) in [6.07, 6.45) is 8.02. The van der Waals surface area contributed by atoms with Crippen LogP contribution in [0.3, 0.4) is 0 Å². The molecule has 0 heterocycles. The maximum Gasteiger partial charge on any atom is 0.343 e. The van der Waals surface area contributed by atoms with Gasteiger partial charge in [0.05, 0.1) is 11.5 Å². The Labute approximate surface area is 214 Å². The summed E-state index contributed by atoms with van der Waals surface area (Å²) in [5, 5.41) is 0. The first-order valence-electron chi connectivity index (χ1n) is 12.9. The largest absolute Gasteiger partial charge is 0.489 e. The van der Waals surface area contributed by atoms with Gasteiger partial charge in [-0.05, 0) is 60.5 Å². The molecule has 0 aliphatic rings. The van der Waals surface area contributed by atoms with E-state index in [1.54, 1.807) is 48.5 Å². The van der Waals surface area contributed by atoms with Gasteiger partial charge in [0.1, 0.15) is 23.9 Å². The van der Waals surface area contributed by atoms with Crippen LogP contribution in [0.2, 0.25) is 0 Å². The van der Waals surface area contributed by atoms with E-state index in [-0.39, 0.29) is 11.9 Å². The first-order valence-corrected chi connectivity index (χ1v) is 12.9. The van der Waals surface area contributed by atoms with Gasteiger partial charge < -0.3 is 14.2 Å². The van der Waals surface area contributed by atoms with Gasteiger partial charge in [-0.1, -0.05) is 82.7 Å². The van der Waals surface area contributed by atoms with Crippen molar-refractivity contribution in [3.05, 3.63) is 90.0 Å². The molecule has 0 spiro atoms. The lowest BCUT2D eigenvalue weighted by atomic mass is 10.0. The molecule has 0 fully saturated rings. The molecule has 0 aromatic heterocycles. The fraction of sp³-hybridized carbons (Fsp3) is 0.355. The zero-order valence-electron chi connectivity index (χ0n) is 21.3. The van der Waals surface area contributed by atoms with Crippen LogP contribution < -0.4 is 14.2 Å². The van der Waals surface area contributed by atoms with Crippen LogP contribution in [0.5, 0.6) is 17.2 Å². The van der Waals surface area contributed by atoms with E-state index in [0.717, 1.165) is 24.8 Å². The predicted molar refractivity (Wildman–Crippen MR) is 141 cm³/mol. The Balaban J connectivity index is 1.41. The number of hydrogen-bond donors (Lipinski definition) is 0. The van der Waals surface area contributed by atoms with Crippen LogP contribution in [0.25, 0.3) is 0 Å². The van der Waals surface area contributed by atoms with Crippen LogP contribution in [-0.4, -0.2) is 11.9 Å². The van der Waals surface area contributed by atoms with Crippen molar-refractivity contribution in [1.29, 1.82) is 0 Å². The second-order valence-electron chi connectivity index (χ2n) is 9.04. The van der Waals surface area contributed by atoms with Crippen LogP contribution in [-0.2, 0) is 11.4 Å². The lowest BCUT2D eigenvalue weighted by Crippen LogP contribution is -2.17. The summed E-state index contributed by atoms with van der Waals surface area (Å²) >= 11 is 0. The number of carbonyl (C=O) groups is 2. The van der Waals surface area contributed by atoms with Gasteiger partial charge in [0, 0.05) is 0 Å². The molecule has 0 N–H and O–H groups in total. The van der Waals surface area contributed by atoms with Crippen LogP contribution >= 0.6 is 0 Å². The van der Waals surface area contributed by atoms with Gasteiger partial charge in [0.25, 0.3) is 0 Å². The average molecular weight is 489 g/mol. The highest BCUT2D eigenvalue weighted by Crippen LogP contribution is 2.22. The number of esters is 2. The molecular weight excluding hydrogens is 452 g/mol. The number of benzene rings is 3. The van der Waals surface area contributed by atoms with E-state index in [2.05, 4.69) is 6.92 Å². The minimum absolute atomic E-state index is 0.145. The molecule has 3 aromatic rings. The maximum absolute atomic E-state index is 12.5. The Morgan fingerprint density at radius 2 is 1.28 bits per heavy atom. The second kappa shape index (κ2) is 14.7. The lowest BCUT2D eigenvalue weighted by molar-refractivity contribution is -0.138. The molecule has 0 amide bonds. The number of ether oxygens (including phenoxy) is 3. The van der Waals surface area contributed by atoms with Gasteiger partial charge in [-0.2, -0.15) is 0 Å². The van der Waals surface area contributed by atoms with Gasteiger partial charge in [-0.3, -0.25) is 4.79 Å². The normalized spacial score (nSPS) is 11.5. The van der Waals surface area contributed by atoms with Crippen molar-refractivity contribution < 1.29 is 23.8 Å². The van der Waals surface area contributed by atoms with Gasteiger partial charge in [0.15, 0.2) is 0 Å². The third-order valence-electron chi connectivity index (χ3n) is 5.98. The molecule has 1 atom stereocenters. The highest BCUT2D eigenvalue weighted by molar-refractivity contribution is 5.91. The summed E-state index contributed by atoms with van der Waals surface area (Å²) in [5.41, 5.74) is 1.49. The summed E-state index contributed by atoms with van der Waals surface area (Å²) < 4.78 is 16.7. The maximum atomic E-state index is 12.5. The molecule has 0 bridgehead atoms. The average Bonchev–Trinajstić information content (AvgIpc) is 2.91. The van der Waals surface area contributed by atoms with Crippen molar-refractivity contribution in [1.82, 2.24) is 0 Å². The van der Waals surface area contributed by atoms with Crippen molar-refractivity contribution in [2.45, 2.75) is 65.4 Å². The lowest BCUT2D eigenvalue weighted by Gasteiger charge is -2.12. The molecule has 190 valence electrons. The molecule has 0 saturated carbocycles. The van der Waals surface area contributed by atoms with Crippen molar-refractivity contribution in [2.75, 3.05) is 0 Å². The summed E-state index contributed by atoms with van der Waals surface area (Å²) in [4.78, 5) is 24.9. The highest BCUT2D eigenvalue weighted by atomic mass is 16.5. The molecule has 3 rings (SSSR count). The summed E-state index contributed by atoms with van der Waals surface area (Å²) in [6, 6.07) is 23.2. The molecule has 3 aromatic carbocycles. The molecule has 0 saturated heterocycles. The number of carbonyl (C=O) groups excluding carboxylic acids is 2. The molecule has 36 heavy (non-hydrogen) atoms. The molecule has 5 nitrogen and oxygen atoms in total. The number of unbranched alkanes of at least 4 members (excludes halogenated alkanes) is 5. The molecule has 5 heteroatoms. The van der Waals surface area contributed by atoms with E-state index < -0.39 is 5.97 Å². The number of hydrogen-bond acceptors (Lipinski definition) is 5. The highest BCUT2D eigenvalue weighted by Gasteiger charge is 2.15. The van der Waals surface area contributed by atoms with Crippen molar-refractivity contribution in [3.8, 4) is 17.2 Å². The zero-order valence-corrected chi connectivity index (χ0v) is 21.3. The van der Waals surface area contributed by atoms with Gasteiger partial charge in [0.2, 0.25) is 0 Å². The van der Waals surface area contributed by atoms with E-state index in [4.69, 9.17) is 14.2 Å². The van der Waals surface area contributed by atoms with Crippen molar-refractivity contribution in [3.63, 3.8) is 0 Å². The first-order chi connectivity index (χ1) is 17.5. The third kappa shape index (κ3) is 9.21. The molecule has 0 aliphatic carbocycles. The zero-order chi connectivity index (χ0) is 25.6. The van der Waals surface area contributed by atoms with Crippen LogP contribution in [0, 0.1) is 5.92 Å². The summed E-state index contributed by atoms with van der Waals surface area (Å²) in [6.45, 7) is 4.57. The Morgan fingerprint density at radius 1 is 0.694 bits per heavy atom. The Bertz CT molecular complexity index is 1060.